The molecule has 0 bridgehead atoms. The molecule has 0 saturated carbocycles. The molecule has 0 aromatic carbocycles. The van der Waals surface area contributed by atoms with Crippen molar-refractivity contribution >= 4 is 39.5 Å². The number of phosphoric acid groups is 2. The Morgan fingerprint density at radius 3 is 0.642 bits per heavy atom. The molecule has 0 aliphatic heterocycles. The van der Waals surface area contributed by atoms with Gasteiger partial charge in [-0.05, 0) is 31.6 Å². The predicted octanol–water partition coefficient (Wildman–Crippen LogP) is 26.8. The Kier molecular flexibility index (Phi) is 78.2. The summed E-state index contributed by atoms with van der Waals surface area (Å²) < 4.78 is 69.0. The lowest BCUT2D eigenvalue weighted by atomic mass is 10.0. The minimum atomic E-state index is -4.97. The second kappa shape index (κ2) is 79.7. The van der Waals surface area contributed by atoms with Crippen molar-refractivity contribution in [3.05, 3.63) is 0 Å². The quantitative estimate of drug-likeness (QED) is 0.0222. The molecule has 0 aromatic rings. The number of phosphoric ester groups is 2. The first-order valence-corrected chi connectivity index (χ1v) is 48.1. The molecule has 0 spiro atoms. The van der Waals surface area contributed by atoms with E-state index >= 15 is 0 Å². The summed E-state index contributed by atoms with van der Waals surface area (Å²) in [5, 5.41) is 10.7. The van der Waals surface area contributed by atoms with Gasteiger partial charge in [-0.1, -0.05) is 420 Å². The zero-order chi connectivity index (χ0) is 77.6. The zero-order valence-electron chi connectivity index (χ0n) is 69.6. The van der Waals surface area contributed by atoms with Crippen LogP contribution in [-0.4, -0.2) is 96.7 Å². The van der Waals surface area contributed by atoms with Gasteiger partial charge in [0.2, 0.25) is 0 Å². The second-order valence-corrected chi connectivity index (χ2v) is 34.7. The largest absolute Gasteiger partial charge is 0.472 e. The number of ether oxygens (including phenoxy) is 4. The Labute approximate surface area is 651 Å². The summed E-state index contributed by atoms with van der Waals surface area (Å²) in [5.74, 6) is -1.27. The van der Waals surface area contributed by atoms with Crippen LogP contribution in [0.1, 0.15) is 471 Å². The summed E-state index contributed by atoms with van der Waals surface area (Å²) in [5.41, 5.74) is 0. The van der Waals surface area contributed by atoms with Crippen LogP contribution in [0, 0.1) is 5.92 Å². The molecule has 0 aromatic heterocycles. The number of aliphatic hydroxyl groups excluding tert-OH is 1. The number of carbonyl (C=O) groups is 4. The van der Waals surface area contributed by atoms with Crippen LogP contribution in [0.15, 0.2) is 0 Å². The van der Waals surface area contributed by atoms with E-state index in [0.717, 1.165) is 95.8 Å². The molecule has 0 rings (SSSR count). The fourth-order valence-corrected chi connectivity index (χ4v) is 15.2. The van der Waals surface area contributed by atoms with Gasteiger partial charge >= 0.3 is 39.5 Å². The summed E-state index contributed by atoms with van der Waals surface area (Å²) >= 11 is 0. The topological polar surface area (TPSA) is 237 Å². The minimum absolute atomic E-state index is 0.109. The number of esters is 4. The van der Waals surface area contributed by atoms with E-state index < -0.39 is 97.5 Å². The predicted molar refractivity (Wildman–Crippen MR) is 437 cm³/mol. The van der Waals surface area contributed by atoms with Gasteiger partial charge in [0.1, 0.15) is 19.3 Å². The third-order valence-electron chi connectivity index (χ3n) is 20.5. The molecule has 17 nitrogen and oxygen atoms in total. The van der Waals surface area contributed by atoms with Crippen molar-refractivity contribution in [1.82, 2.24) is 0 Å². The summed E-state index contributed by atoms with van der Waals surface area (Å²) in [7, 11) is -9.93. The smallest absolute Gasteiger partial charge is 0.462 e. The highest BCUT2D eigenvalue weighted by molar-refractivity contribution is 7.47. The van der Waals surface area contributed by atoms with Gasteiger partial charge in [-0.25, -0.2) is 9.13 Å². The number of aliphatic hydroxyl groups is 1. The van der Waals surface area contributed by atoms with Crippen LogP contribution in [-0.2, 0) is 65.4 Å². The molecule has 0 aliphatic carbocycles. The van der Waals surface area contributed by atoms with Crippen molar-refractivity contribution in [2.75, 3.05) is 39.6 Å². The standard InChI is InChI=1S/C87H170O17P2/c1-6-9-12-15-18-21-24-27-29-30-34-37-42-46-51-56-61-66-71-85(90)98-77-83(104-87(92)73-68-63-58-53-48-43-38-35-32-31-33-36-40-44-49-54-59-64-69-80(4)5)79-102-106(95,96)100-75-81(88)74-99-105(93,94)101-78-82(76-97-84(89)70-65-60-55-50-45-39-26-23-20-17-14-11-8-3)103-86(91)72-67-62-57-52-47-41-28-25-22-19-16-13-10-7-2/h80-83,88H,6-79H2,1-5H3,(H,93,94)(H,95,96)/t81-,82+,83+/m0/s1. The van der Waals surface area contributed by atoms with E-state index in [9.17, 15) is 43.2 Å². The molecule has 0 fully saturated rings. The number of hydrogen-bond donors (Lipinski definition) is 3. The van der Waals surface area contributed by atoms with Gasteiger partial charge in [-0.15, -0.1) is 0 Å². The van der Waals surface area contributed by atoms with E-state index in [1.807, 2.05) is 0 Å². The average Bonchev–Trinajstić information content (AvgIpc) is 0.906. The van der Waals surface area contributed by atoms with Crippen LogP contribution >= 0.6 is 15.6 Å². The monoisotopic (exact) mass is 1550 g/mol. The summed E-state index contributed by atoms with van der Waals surface area (Å²) in [6.07, 6.45) is 73.5. The van der Waals surface area contributed by atoms with E-state index in [2.05, 4.69) is 34.6 Å². The lowest BCUT2D eigenvalue weighted by Crippen LogP contribution is -2.30. The summed E-state index contributed by atoms with van der Waals surface area (Å²) in [6.45, 7) is 7.42. The molecule has 0 radical (unpaired) electrons. The van der Waals surface area contributed by atoms with Gasteiger partial charge in [0.25, 0.3) is 0 Å². The van der Waals surface area contributed by atoms with E-state index in [0.29, 0.717) is 25.7 Å². The number of rotatable bonds is 87. The van der Waals surface area contributed by atoms with Crippen molar-refractivity contribution in [2.45, 2.75) is 490 Å². The van der Waals surface area contributed by atoms with Crippen molar-refractivity contribution < 1.29 is 80.2 Å². The Morgan fingerprint density at radius 1 is 0.255 bits per heavy atom. The van der Waals surface area contributed by atoms with Gasteiger partial charge in [0, 0.05) is 25.7 Å². The van der Waals surface area contributed by atoms with E-state index in [1.165, 1.54) is 295 Å². The second-order valence-electron chi connectivity index (χ2n) is 31.8. The minimum Gasteiger partial charge on any atom is -0.462 e. The summed E-state index contributed by atoms with van der Waals surface area (Å²) in [6, 6.07) is 0. The number of unbranched alkanes of at least 4 members (excludes halogenated alkanes) is 59. The van der Waals surface area contributed by atoms with Gasteiger partial charge in [-0.3, -0.25) is 37.3 Å². The molecular formula is C87H170O17P2. The van der Waals surface area contributed by atoms with E-state index in [-0.39, 0.29) is 25.7 Å². The Balaban J connectivity index is 5.25. The maximum absolute atomic E-state index is 13.2. The SMILES string of the molecule is CCCCCCCCCCCCCCCCCCCCC(=O)OC[C@H](COP(=O)(O)OC[C@@H](O)COP(=O)(O)OC[C@@H](COC(=O)CCCCCCCCCCCCCCC)OC(=O)CCCCCCCCCCCCCCCC)OC(=O)CCCCCCCCCCCCCCCCCCCCC(C)C. The highest BCUT2D eigenvalue weighted by atomic mass is 31.2. The Hall–Kier alpha value is -1.94. The van der Waals surface area contributed by atoms with E-state index in [1.54, 1.807) is 0 Å². The van der Waals surface area contributed by atoms with Crippen LogP contribution in [0.3, 0.4) is 0 Å². The van der Waals surface area contributed by atoms with Crippen molar-refractivity contribution in [3.8, 4) is 0 Å². The molecule has 2 unspecified atom stereocenters. The first-order valence-electron chi connectivity index (χ1n) is 45.1. The normalized spacial score (nSPS) is 13.7. The third kappa shape index (κ3) is 80.1. The highest BCUT2D eigenvalue weighted by Crippen LogP contribution is 2.45. The maximum Gasteiger partial charge on any atom is 0.472 e. The van der Waals surface area contributed by atoms with Crippen molar-refractivity contribution in [1.29, 1.82) is 0 Å². The molecule has 19 heteroatoms. The first-order chi connectivity index (χ1) is 51.5. The molecule has 3 N–H and O–H groups in total. The fraction of sp³-hybridized carbons (Fsp3) is 0.954. The highest BCUT2D eigenvalue weighted by Gasteiger charge is 2.30. The number of hydrogen-bond acceptors (Lipinski definition) is 15. The van der Waals surface area contributed by atoms with Gasteiger partial charge in [-0.2, -0.15) is 0 Å². The summed E-state index contributed by atoms with van der Waals surface area (Å²) in [4.78, 5) is 73.3. The average molecular weight is 1550 g/mol. The van der Waals surface area contributed by atoms with E-state index in [4.69, 9.17) is 37.0 Å². The van der Waals surface area contributed by atoms with Crippen LogP contribution < -0.4 is 0 Å². The zero-order valence-corrected chi connectivity index (χ0v) is 71.4. The molecule has 0 aliphatic rings. The van der Waals surface area contributed by atoms with Crippen molar-refractivity contribution in [3.63, 3.8) is 0 Å². The first kappa shape index (κ1) is 104. The van der Waals surface area contributed by atoms with Crippen LogP contribution in [0.2, 0.25) is 0 Å². The lowest BCUT2D eigenvalue weighted by Gasteiger charge is -2.21. The fourth-order valence-electron chi connectivity index (χ4n) is 13.6. The van der Waals surface area contributed by atoms with Gasteiger partial charge < -0.3 is 33.8 Å². The number of carbonyl (C=O) groups excluding carboxylic acids is 4. The molecule has 0 heterocycles. The molecule has 106 heavy (non-hydrogen) atoms. The molecule has 5 atom stereocenters. The third-order valence-corrected chi connectivity index (χ3v) is 22.4. The van der Waals surface area contributed by atoms with Crippen LogP contribution in [0.4, 0.5) is 0 Å². The van der Waals surface area contributed by atoms with Crippen LogP contribution in [0.25, 0.3) is 0 Å². The van der Waals surface area contributed by atoms with Gasteiger partial charge in [0.05, 0.1) is 26.4 Å². The Morgan fingerprint density at radius 2 is 0.434 bits per heavy atom. The molecule has 0 saturated heterocycles. The molecule has 0 amide bonds. The van der Waals surface area contributed by atoms with Crippen LogP contribution in [0.5, 0.6) is 0 Å². The Bertz CT molecular complexity index is 2010. The van der Waals surface area contributed by atoms with Crippen molar-refractivity contribution in [2.24, 2.45) is 5.92 Å². The molecular weight excluding hydrogens is 1380 g/mol. The lowest BCUT2D eigenvalue weighted by molar-refractivity contribution is -0.161. The maximum atomic E-state index is 13.2. The molecule has 630 valence electrons. The van der Waals surface area contributed by atoms with Gasteiger partial charge in [0.15, 0.2) is 12.2 Å².